The van der Waals surface area contributed by atoms with E-state index in [1.165, 1.54) is 79.8 Å². The highest BCUT2D eigenvalue weighted by molar-refractivity contribution is 6.34. The second-order valence-corrected chi connectivity index (χ2v) is 9.36. The van der Waals surface area contributed by atoms with Crippen LogP contribution in [-0.2, 0) is 0 Å². The summed E-state index contributed by atoms with van der Waals surface area (Å²) >= 11 is 0. The summed E-state index contributed by atoms with van der Waals surface area (Å²) in [4.78, 5) is 66.6. The Balaban J connectivity index is 1.45. The molecule has 0 aliphatic carbocycles. The minimum atomic E-state index is -0.610. The molecule has 42 heavy (non-hydrogen) atoms. The highest BCUT2D eigenvalue weighted by Crippen LogP contribution is 2.32. The fourth-order valence-corrected chi connectivity index (χ4v) is 4.69. The standard InChI is InChI=1S/C34H20N2O6/c1-4-20-9-12-26(24(15-20)19-37)32(40)35(3)29-18-23(11-14-30(29)38)31(39)22-7-6-8-25(17-22)36-33(41)27-13-10-21(5-2)16-28(27)34(36)42/h1-2,6-19,38H,3H3. The minimum absolute atomic E-state index is 0.0181. The molecular formula is C34H20N2O6. The van der Waals surface area contributed by atoms with Crippen LogP contribution in [0.2, 0.25) is 0 Å². The Labute approximate surface area is 240 Å². The number of terminal acetylenes is 2. The maximum atomic E-state index is 13.5. The van der Waals surface area contributed by atoms with Crippen LogP contribution < -0.4 is 9.80 Å². The molecule has 8 nitrogen and oxygen atoms in total. The minimum Gasteiger partial charge on any atom is -0.506 e. The molecule has 1 aliphatic heterocycles. The number of phenols is 1. The van der Waals surface area contributed by atoms with Crippen LogP contribution in [0.5, 0.6) is 5.75 Å². The van der Waals surface area contributed by atoms with Gasteiger partial charge in [0.25, 0.3) is 17.7 Å². The first kappa shape index (κ1) is 27.3. The number of aldehydes is 1. The van der Waals surface area contributed by atoms with Gasteiger partial charge in [0.2, 0.25) is 0 Å². The van der Waals surface area contributed by atoms with Crippen molar-refractivity contribution in [3.63, 3.8) is 0 Å². The van der Waals surface area contributed by atoms with E-state index in [0.717, 1.165) is 9.80 Å². The summed E-state index contributed by atoms with van der Waals surface area (Å²) in [5.41, 5.74) is 1.90. The topological polar surface area (TPSA) is 112 Å². The van der Waals surface area contributed by atoms with Crippen LogP contribution in [0.25, 0.3) is 0 Å². The van der Waals surface area contributed by atoms with Gasteiger partial charge >= 0.3 is 0 Å². The van der Waals surface area contributed by atoms with Crippen LogP contribution in [0, 0.1) is 24.7 Å². The van der Waals surface area contributed by atoms with E-state index in [1.807, 2.05) is 0 Å². The summed E-state index contributed by atoms with van der Waals surface area (Å²) in [6, 6.07) is 18.9. The molecular weight excluding hydrogens is 532 g/mol. The molecule has 0 saturated heterocycles. The normalized spacial score (nSPS) is 11.8. The zero-order chi connectivity index (χ0) is 30.1. The maximum Gasteiger partial charge on any atom is 0.266 e. The van der Waals surface area contributed by atoms with Gasteiger partial charge in [-0.15, -0.1) is 12.8 Å². The van der Waals surface area contributed by atoms with Crippen LogP contribution >= 0.6 is 0 Å². The third-order valence-corrected chi connectivity index (χ3v) is 6.90. The van der Waals surface area contributed by atoms with E-state index in [1.54, 1.807) is 6.07 Å². The van der Waals surface area contributed by atoms with Gasteiger partial charge in [0, 0.05) is 34.9 Å². The number of aromatic hydroxyl groups is 1. The number of hydrogen-bond acceptors (Lipinski definition) is 6. The molecule has 0 saturated carbocycles. The molecule has 1 N–H and O–H groups in total. The number of amides is 3. The number of rotatable bonds is 6. The summed E-state index contributed by atoms with van der Waals surface area (Å²) in [5, 5.41) is 10.5. The maximum absolute atomic E-state index is 13.5. The predicted molar refractivity (Wildman–Crippen MR) is 156 cm³/mol. The second kappa shape index (κ2) is 10.7. The Morgan fingerprint density at radius 3 is 2.21 bits per heavy atom. The zero-order valence-electron chi connectivity index (χ0n) is 22.1. The summed E-state index contributed by atoms with van der Waals surface area (Å²) in [6.45, 7) is 0. The number of benzene rings is 4. The number of anilines is 2. The number of nitrogens with zero attached hydrogens (tertiary/aromatic N) is 2. The van der Waals surface area contributed by atoms with E-state index < -0.39 is 23.5 Å². The molecule has 5 rings (SSSR count). The highest BCUT2D eigenvalue weighted by Gasteiger charge is 2.37. The van der Waals surface area contributed by atoms with Gasteiger partial charge in [0.1, 0.15) is 5.75 Å². The largest absolute Gasteiger partial charge is 0.506 e. The molecule has 0 fully saturated rings. The average molecular weight is 553 g/mol. The van der Waals surface area contributed by atoms with Gasteiger partial charge in [-0.05, 0) is 66.7 Å². The predicted octanol–water partition coefficient (Wildman–Crippen LogP) is 4.48. The average Bonchev–Trinajstić information content (AvgIpc) is 3.28. The number of imide groups is 1. The molecule has 1 aliphatic rings. The Bertz CT molecular complexity index is 1940. The van der Waals surface area contributed by atoms with Crippen LogP contribution in [0.1, 0.15) is 68.5 Å². The molecule has 0 aromatic heterocycles. The second-order valence-electron chi connectivity index (χ2n) is 9.36. The number of carbonyl (C=O) groups is 5. The van der Waals surface area contributed by atoms with E-state index in [0.29, 0.717) is 17.4 Å². The van der Waals surface area contributed by atoms with E-state index in [4.69, 9.17) is 12.8 Å². The monoisotopic (exact) mass is 552 g/mol. The number of ketones is 1. The van der Waals surface area contributed by atoms with Gasteiger partial charge in [-0.25, -0.2) is 4.90 Å². The van der Waals surface area contributed by atoms with E-state index in [2.05, 4.69) is 11.8 Å². The quantitative estimate of drug-likeness (QED) is 0.163. The lowest BCUT2D eigenvalue weighted by molar-refractivity contribution is 0.0922. The lowest BCUT2D eigenvalue weighted by Gasteiger charge is -2.20. The first-order valence-corrected chi connectivity index (χ1v) is 12.5. The molecule has 8 heteroatoms. The van der Waals surface area contributed by atoms with Gasteiger partial charge in [-0.1, -0.05) is 24.0 Å². The fraction of sp³-hybridized carbons (Fsp3) is 0.0294. The molecule has 1 heterocycles. The first-order chi connectivity index (χ1) is 20.2. The van der Waals surface area contributed by atoms with Crippen molar-refractivity contribution < 1.29 is 29.1 Å². The Morgan fingerprint density at radius 1 is 0.833 bits per heavy atom. The van der Waals surface area contributed by atoms with Crippen molar-refractivity contribution in [1.82, 2.24) is 0 Å². The van der Waals surface area contributed by atoms with Crippen molar-refractivity contribution in [2.45, 2.75) is 0 Å². The van der Waals surface area contributed by atoms with Crippen molar-refractivity contribution in [2.24, 2.45) is 0 Å². The van der Waals surface area contributed by atoms with Crippen LogP contribution in [0.3, 0.4) is 0 Å². The van der Waals surface area contributed by atoms with Gasteiger partial charge < -0.3 is 10.0 Å². The van der Waals surface area contributed by atoms with Crippen LogP contribution in [0.15, 0.2) is 78.9 Å². The van der Waals surface area contributed by atoms with Gasteiger partial charge in [0.15, 0.2) is 12.1 Å². The van der Waals surface area contributed by atoms with Gasteiger partial charge in [-0.2, -0.15) is 0 Å². The van der Waals surface area contributed by atoms with Crippen molar-refractivity contribution in [1.29, 1.82) is 0 Å². The molecule has 0 atom stereocenters. The number of hydrogen-bond donors (Lipinski definition) is 1. The van der Waals surface area contributed by atoms with Crippen molar-refractivity contribution >= 4 is 41.2 Å². The van der Waals surface area contributed by atoms with Crippen LogP contribution in [-0.4, -0.2) is 41.9 Å². The number of fused-ring (bicyclic) bond motifs is 1. The third-order valence-electron chi connectivity index (χ3n) is 6.90. The summed E-state index contributed by atoms with van der Waals surface area (Å²) in [5.74, 6) is 2.36. The Morgan fingerprint density at radius 2 is 1.50 bits per heavy atom. The van der Waals surface area contributed by atoms with E-state index in [9.17, 15) is 29.1 Å². The van der Waals surface area contributed by atoms with E-state index >= 15 is 0 Å². The lowest BCUT2D eigenvalue weighted by Crippen LogP contribution is -2.29. The van der Waals surface area contributed by atoms with Crippen LogP contribution in [0.4, 0.5) is 11.4 Å². The molecule has 0 spiro atoms. The van der Waals surface area contributed by atoms with Gasteiger partial charge in [0.05, 0.1) is 28.1 Å². The summed E-state index contributed by atoms with van der Waals surface area (Å²) < 4.78 is 0. The molecule has 0 bridgehead atoms. The first-order valence-electron chi connectivity index (χ1n) is 12.5. The smallest absolute Gasteiger partial charge is 0.266 e. The third kappa shape index (κ3) is 4.60. The van der Waals surface area contributed by atoms with E-state index in [-0.39, 0.29) is 50.5 Å². The SMILES string of the molecule is C#Cc1ccc(C(=O)N(C)c2cc(C(=O)c3cccc(N4C(=O)c5ccc(C#C)cc5C4=O)c3)ccc2O)c(C=O)c1. The number of carbonyl (C=O) groups excluding carboxylic acids is 5. The Hall–Kier alpha value is -6.25. The zero-order valence-corrected chi connectivity index (χ0v) is 22.1. The molecule has 4 aromatic rings. The molecule has 0 radical (unpaired) electrons. The summed E-state index contributed by atoms with van der Waals surface area (Å²) in [7, 11) is 1.39. The molecule has 202 valence electrons. The van der Waals surface area contributed by atoms with Crippen molar-refractivity contribution in [3.8, 4) is 30.4 Å². The highest BCUT2D eigenvalue weighted by atomic mass is 16.3. The Kier molecular flexibility index (Phi) is 6.98. The molecule has 0 unspecified atom stereocenters. The summed E-state index contributed by atoms with van der Waals surface area (Å²) in [6.07, 6.45) is 11.3. The van der Waals surface area contributed by atoms with Crippen molar-refractivity contribution in [3.05, 3.63) is 123 Å². The van der Waals surface area contributed by atoms with Crippen molar-refractivity contribution in [2.75, 3.05) is 16.8 Å². The lowest BCUT2D eigenvalue weighted by atomic mass is 10.0. The molecule has 4 aromatic carbocycles. The molecule has 3 amide bonds. The number of phenolic OH excluding ortho intramolecular Hbond substituents is 1. The fourth-order valence-electron chi connectivity index (χ4n) is 4.69. The van der Waals surface area contributed by atoms with Gasteiger partial charge in [-0.3, -0.25) is 24.0 Å².